The molecule has 1 unspecified atom stereocenters. The van der Waals surface area contributed by atoms with Gasteiger partial charge in [-0.3, -0.25) is 4.79 Å². The summed E-state index contributed by atoms with van der Waals surface area (Å²) in [6, 6.07) is 1.22. The van der Waals surface area contributed by atoms with Crippen molar-refractivity contribution in [2.75, 3.05) is 12.3 Å². The molecule has 1 rings (SSSR count). The Morgan fingerprint density at radius 3 is 3.08 bits per heavy atom. The number of nitrogen functional groups attached to an aromatic ring is 1. The van der Waals surface area contributed by atoms with Gasteiger partial charge < -0.3 is 15.8 Å². The van der Waals surface area contributed by atoms with E-state index in [1.54, 1.807) is 0 Å². The largest absolute Gasteiger partial charge is 0.395 e. The Morgan fingerprint density at radius 2 is 2.54 bits per heavy atom. The van der Waals surface area contributed by atoms with Gasteiger partial charge in [-0.05, 0) is 0 Å². The van der Waals surface area contributed by atoms with E-state index in [2.05, 4.69) is 9.97 Å². The number of nitrogens with one attached hydrogen (secondary N) is 1. The number of nitrogens with two attached hydrogens (primary N) is 1. The summed E-state index contributed by atoms with van der Waals surface area (Å²) >= 11 is 1.28. The maximum atomic E-state index is 10.9. The first-order valence-corrected chi connectivity index (χ1v) is 4.64. The summed E-state index contributed by atoms with van der Waals surface area (Å²) in [5, 5.41) is 9.19. The van der Waals surface area contributed by atoms with Crippen molar-refractivity contribution in [1.82, 2.24) is 9.97 Å². The number of hydrogen-bond donors (Lipinski definition) is 3. The lowest BCUT2D eigenvalue weighted by atomic mass is 10.5. The first kappa shape index (κ1) is 10.1. The zero-order valence-electron chi connectivity index (χ0n) is 7.15. The Kier molecular flexibility index (Phi) is 3.32. The van der Waals surface area contributed by atoms with Gasteiger partial charge in [-0.25, -0.2) is 4.98 Å². The monoisotopic (exact) mass is 201 g/mol. The maximum Gasteiger partial charge on any atom is 0.253 e. The van der Waals surface area contributed by atoms with Crippen LogP contribution in [0.5, 0.6) is 0 Å². The molecule has 1 heterocycles. The molecule has 0 saturated heterocycles. The summed E-state index contributed by atoms with van der Waals surface area (Å²) in [6.45, 7) is 1.86. The van der Waals surface area contributed by atoms with Gasteiger partial charge in [0.1, 0.15) is 5.82 Å². The number of hydrogen-bond acceptors (Lipinski definition) is 5. The van der Waals surface area contributed by atoms with Crippen molar-refractivity contribution in [1.29, 1.82) is 0 Å². The molecular formula is C7H11N3O2S. The highest BCUT2D eigenvalue weighted by atomic mass is 32.2. The van der Waals surface area contributed by atoms with Crippen molar-refractivity contribution in [3.63, 3.8) is 0 Å². The third-order valence-electron chi connectivity index (χ3n) is 1.31. The molecule has 0 aromatic carbocycles. The maximum absolute atomic E-state index is 10.9. The molecule has 0 amide bonds. The smallest absolute Gasteiger partial charge is 0.253 e. The number of aromatic nitrogens is 2. The van der Waals surface area contributed by atoms with Crippen LogP contribution in [0.2, 0.25) is 0 Å². The van der Waals surface area contributed by atoms with Gasteiger partial charge in [0, 0.05) is 11.3 Å². The SMILES string of the molecule is CC(CO)Sc1nc(N)cc(=O)[nH]1. The first-order chi connectivity index (χ1) is 6.11. The fourth-order valence-corrected chi connectivity index (χ4v) is 1.51. The number of rotatable bonds is 3. The number of anilines is 1. The van der Waals surface area contributed by atoms with Gasteiger partial charge in [-0.2, -0.15) is 0 Å². The van der Waals surface area contributed by atoms with Crippen molar-refractivity contribution < 1.29 is 5.11 Å². The Labute approximate surface area is 79.4 Å². The summed E-state index contributed by atoms with van der Waals surface area (Å²) in [5.41, 5.74) is 5.09. The van der Waals surface area contributed by atoms with Gasteiger partial charge in [0.15, 0.2) is 5.16 Å². The van der Waals surface area contributed by atoms with E-state index >= 15 is 0 Å². The molecule has 0 aliphatic carbocycles. The van der Waals surface area contributed by atoms with Gasteiger partial charge in [0.2, 0.25) is 0 Å². The standard InChI is InChI=1S/C7H11N3O2S/c1-4(3-11)13-7-9-5(8)2-6(12)10-7/h2,4,11H,3H2,1H3,(H3,8,9,10,12). The highest BCUT2D eigenvalue weighted by molar-refractivity contribution is 7.99. The fourth-order valence-electron chi connectivity index (χ4n) is 0.737. The van der Waals surface area contributed by atoms with Crippen LogP contribution in [-0.2, 0) is 0 Å². The van der Waals surface area contributed by atoms with Crippen molar-refractivity contribution in [2.24, 2.45) is 0 Å². The predicted molar refractivity (Wildman–Crippen MR) is 51.7 cm³/mol. The van der Waals surface area contributed by atoms with E-state index in [0.717, 1.165) is 0 Å². The average molecular weight is 201 g/mol. The highest BCUT2D eigenvalue weighted by Crippen LogP contribution is 2.17. The third-order valence-corrected chi connectivity index (χ3v) is 2.28. The molecule has 72 valence electrons. The molecule has 0 fully saturated rings. The van der Waals surface area contributed by atoms with Crippen molar-refractivity contribution in [2.45, 2.75) is 17.3 Å². The van der Waals surface area contributed by atoms with Crippen LogP contribution in [0.25, 0.3) is 0 Å². The minimum atomic E-state index is -0.278. The summed E-state index contributed by atoms with van der Waals surface area (Å²) in [6.07, 6.45) is 0. The molecule has 4 N–H and O–H groups in total. The van der Waals surface area contributed by atoms with Crippen LogP contribution in [0.4, 0.5) is 5.82 Å². The lowest BCUT2D eigenvalue weighted by molar-refractivity contribution is 0.300. The van der Waals surface area contributed by atoms with Crippen LogP contribution in [0.1, 0.15) is 6.92 Å². The minimum Gasteiger partial charge on any atom is -0.395 e. The second-order valence-electron chi connectivity index (χ2n) is 2.59. The highest BCUT2D eigenvalue weighted by Gasteiger charge is 2.05. The molecular weight excluding hydrogens is 190 g/mol. The lowest BCUT2D eigenvalue weighted by Crippen LogP contribution is -2.11. The first-order valence-electron chi connectivity index (χ1n) is 3.76. The molecule has 0 aliphatic heterocycles. The van der Waals surface area contributed by atoms with E-state index in [4.69, 9.17) is 10.8 Å². The number of aromatic amines is 1. The van der Waals surface area contributed by atoms with Gasteiger partial charge in [0.25, 0.3) is 5.56 Å². The minimum absolute atomic E-state index is 0.00931. The van der Waals surface area contributed by atoms with Crippen molar-refractivity contribution in [3.8, 4) is 0 Å². The topological polar surface area (TPSA) is 92.0 Å². The van der Waals surface area contributed by atoms with Gasteiger partial charge >= 0.3 is 0 Å². The van der Waals surface area contributed by atoms with Gasteiger partial charge in [0.05, 0.1) is 6.61 Å². The molecule has 0 radical (unpaired) electrons. The zero-order chi connectivity index (χ0) is 9.84. The van der Waals surface area contributed by atoms with Crippen LogP contribution in [-0.4, -0.2) is 26.9 Å². The third kappa shape index (κ3) is 3.08. The van der Waals surface area contributed by atoms with Gasteiger partial charge in [-0.15, -0.1) is 0 Å². The van der Waals surface area contributed by atoms with Crippen molar-refractivity contribution in [3.05, 3.63) is 16.4 Å². The second-order valence-corrected chi connectivity index (χ2v) is 4.01. The van der Waals surface area contributed by atoms with Crippen LogP contribution in [0, 0.1) is 0 Å². The van der Waals surface area contributed by atoms with Crippen LogP contribution < -0.4 is 11.3 Å². The van der Waals surface area contributed by atoms with Crippen LogP contribution in [0.3, 0.4) is 0 Å². The van der Waals surface area contributed by atoms with E-state index in [9.17, 15) is 4.79 Å². The van der Waals surface area contributed by atoms with E-state index < -0.39 is 0 Å². The molecule has 1 aromatic rings. The molecule has 5 nitrogen and oxygen atoms in total. The molecule has 13 heavy (non-hydrogen) atoms. The number of H-pyrrole nitrogens is 1. The molecule has 6 heteroatoms. The van der Waals surface area contributed by atoms with Crippen molar-refractivity contribution >= 4 is 17.6 Å². The molecule has 0 saturated carbocycles. The molecule has 1 atom stereocenters. The Morgan fingerprint density at radius 1 is 1.85 bits per heavy atom. The quantitative estimate of drug-likeness (QED) is 0.466. The molecule has 0 aliphatic rings. The van der Waals surface area contributed by atoms with E-state index in [-0.39, 0.29) is 23.2 Å². The second kappa shape index (κ2) is 4.29. The predicted octanol–water partition coefficient (Wildman–Crippen LogP) is -0.175. The van der Waals surface area contributed by atoms with Gasteiger partial charge in [-0.1, -0.05) is 18.7 Å². The lowest BCUT2D eigenvalue weighted by Gasteiger charge is -2.05. The molecule has 0 spiro atoms. The van der Waals surface area contributed by atoms with Crippen LogP contribution in [0.15, 0.2) is 16.0 Å². The summed E-state index contributed by atoms with van der Waals surface area (Å²) in [5.74, 6) is 0.191. The Bertz CT molecular complexity index is 339. The van der Waals surface area contributed by atoms with E-state index in [1.807, 2.05) is 6.92 Å². The number of aliphatic hydroxyl groups is 1. The average Bonchev–Trinajstić information content (AvgIpc) is 2.02. The number of nitrogens with zero attached hydrogens (tertiary/aromatic N) is 1. The normalized spacial score (nSPS) is 12.8. The van der Waals surface area contributed by atoms with Crippen LogP contribution >= 0.6 is 11.8 Å². The zero-order valence-corrected chi connectivity index (χ0v) is 7.97. The Hall–Kier alpha value is -1.01. The Balaban J connectivity index is 2.83. The number of thioether (sulfide) groups is 1. The summed E-state index contributed by atoms with van der Waals surface area (Å²) in [4.78, 5) is 17.3. The molecule has 0 bridgehead atoms. The fraction of sp³-hybridized carbons (Fsp3) is 0.429. The van der Waals surface area contributed by atoms with E-state index in [1.165, 1.54) is 17.8 Å². The molecule has 1 aromatic heterocycles. The van der Waals surface area contributed by atoms with E-state index in [0.29, 0.717) is 5.16 Å². The number of aliphatic hydroxyl groups excluding tert-OH is 1. The summed E-state index contributed by atoms with van der Waals surface area (Å²) < 4.78 is 0. The summed E-state index contributed by atoms with van der Waals surface area (Å²) in [7, 11) is 0.